The van der Waals surface area contributed by atoms with Crippen molar-refractivity contribution in [1.82, 2.24) is 19.7 Å². The summed E-state index contributed by atoms with van der Waals surface area (Å²) in [4.78, 5) is 23.3. The van der Waals surface area contributed by atoms with Gasteiger partial charge in [-0.3, -0.25) is 4.79 Å². The Balaban J connectivity index is 1.52. The highest BCUT2D eigenvalue weighted by Crippen LogP contribution is 2.44. The van der Waals surface area contributed by atoms with Crippen molar-refractivity contribution in [3.8, 4) is 22.1 Å². The zero-order chi connectivity index (χ0) is 35.6. The van der Waals surface area contributed by atoms with Crippen LogP contribution in [0.2, 0.25) is 0 Å². The number of nitrogens with one attached hydrogen (secondary N) is 1. The first-order chi connectivity index (χ1) is 23.0. The van der Waals surface area contributed by atoms with Crippen molar-refractivity contribution in [2.75, 3.05) is 29.3 Å². The van der Waals surface area contributed by atoms with Gasteiger partial charge in [-0.05, 0) is 52.7 Å². The second kappa shape index (κ2) is 14.1. The van der Waals surface area contributed by atoms with Crippen LogP contribution in [0.1, 0.15) is 58.9 Å². The van der Waals surface area contributed by atoms with E-state index in [9.17, 15) is 23.1 Å². The molecule has 0 aliphatic carbocycles. The molecule has 0 saturated heterocycles. The Labute approximate surface area is 289 Å². The highest BCUT2D eigenvalue weighted by molar-refractivity contribution is 8.00. The summed E-state index contributed by atoms with van der Waals surface area (Å²) in [5, 5.41) is 15.4. The lowest BCUT2D eigenvalue weighted by Gasteiger charge is -2.31. The second-order valence-corrected chi connectivity index (χ2v) is 15.0. The van der Waals surface area contributed by atoms with Gasteiger partial charge in [0.2, 0.25) is 5.88 Å². The number of aliphatic carboxylic acids is 1. The maximum atomic E-state index is 16.0. The summed E-state index contributed by atoms with van der Waals surface area (Å²) in [6.45, 7) is 5.26. The summed E-state index contributed by atoms with van der Waals surface area (Å²) >= 11 is 2.25. The molecule has 9 nitrogen and oxygen atoms in total. The van der Waals surface area contributed by atoms with Gasteiger partial charge in [-0.25, -0.2) is 23.4 Å². The molecule has 4 heterocycles. The molecular weight excluding hydrogens is 688 g/mol. The first-order valence-electron chi connectivity index (χ1n) is 15.6. The average Bonchev–Trinajstić information content (AvgIpc) is 3.68. The van der Waals surface area contributed by atoms with Crippen LogP contribution in [0, 0.1) is 10.8 Å². The Hall–Kier alpha value is -3.92. The van der Waals surface area contributed by atoms with Crippen LogP contribution in [-0.2, 0) is 10.7 Å². The molecule has 0 saturated carbocycles. The fourth-order valence-electron chi connectivity index (χ4n) is 5.04. The molecule has 4 aromatic rings. The number of hydrogen-bond donors (Lipinski definition) is 2. The van der Waals surface area contributed by atoms with Crippen molar-refractivity contribution in [1.29, 1.82) is 0 Å². The molecule has 4 bridgehead atoms. The number of carboxylic acids is 1. The van der Waals surface area contributed by atoms with Crippen LogP contribution >= 0.6 is 23.3 Å². The van der Waals surface area contributed by atoms with E-state index in [4.69, 9.17) is 14.7 Å². The number of rotatable bonds is 7. The molecule has 49 heavy (non-hydrogen) atoms. The predicted molar refractivity (Wildman–Crippen MR) is 180 cm³/mol. The molecule has 0 radical (unpaired) electrons. The molecule has 264 valence electrons. The van der Waals surface area contributed by atoms with Crippen LogP contribution in [0.5, 0.6) is 5.88 Å². The van der Waals surface area contributed by atoms with Gasteiger partial charge in [-0.15, -0.1) is 5.10 Å². The van der Waals surface area contributed by atoms with E-state index in [2.05, 4.69) is 9.82 Å². The monoisotopic (exact) mass is 724 g/mol. The van der Waals surface area contributed by atoms with Crippen LogP contribution in [0.25, 0.3) is 16.3 Å². The Bertz CT molecular complexity index is 1780. The number of halogens is 5. The normalized spacial score (nSPS) is 16.0. The predicted octanol–water partition coefficient (Wildman–Crippen LogP) is 9.06. The molecule has 5 rings (SSSR count). The van der Waals surface area contributed by atoms with Crippen molar-refractivity contribution < 1.29 is 36.6 Å². The Kier molecular flexibility index (Phi) is 10.5. The molecule has 16 heteroatoms. The standard InChI is InChI=1S/C33H37F5N6O3S2/c1-30(2,28(45)46)19-43-17-9-5-8-16-32(34,35)22-12-7-6-11-21(22)26-27(48-29(40-26)42-49-25-14-10-13-23(43)39-25)44-18-15-24(41-44)47-20-31(3,4)33(36,37)38/h6-7,10-15,18H,5,8-9,16-17,19-20H2,1-4H3,(H,40,42)(H,45,46). The lowest BCUT2D eigenvalue weighted by molar-refractivity contribution is -0.219. The molecule has 3 aromatic heterocycles. The van der Waals surface area contributed by atoms with Gasteiger partial charge in [-0.2, -0.15) is 13.2 Å². The van der Waals surface area contributed by atoms with E-state index in [-0.39, 0.29) is 35.7 Å². The average molecular weight is 725 g/mol. The van der Waals surface area contributed by atoms with Crippen LogP contribution in [0.15, 0.2) is 59.8 Å². The first-order valence-corrected chi connectivity index (χ1v) is 17.2. The summed E-state index contributed by atoms with van der Waals surface area (Å²) in [7, 11) is 0. The molecule has 2 N–H and O–H groups in total. The highest BCUT2D eigenvalue weighted by Gasteiger charge is 2.48. The van der Waals surface area contributed by atoms with Crippen LogP contribution in [0.4, 0.5) is 32.9 Å². The van der Waals surface area contributed by atoms with Crippen molar-refractivity contribution in [3.05, 3.63) is 60.3 Å². The van der Waals surface area contributed by atoms with Crippen LogP contribution < -0.4 is 14.4 Å². The van der Waals surface area contributed by atoms with Gasteiger partial charge in [0.15, 0.2) is 5.13 Å². The van der Waals surface area contributed by atoms with E-state index in [0.29, 0.717) is 40.4 Å². The fraction of sp³-hybridized carbons (Fsp3) is 0.455. The zero-order valence-electron chi connectivity index (χ0n) is 27.4. The number of carbonyl (C=O) groups is 1. The molecule has 0 atom stereocenters. The van der Waals surface area contributed by atoms with Gasteiger partial charge < -0.3 is 19.5 Å². The van der Waals surface area contributed by atoms with Gasteiger partial charge in [0.25, 0.3) is 5.92 Å². The minimum absolute atomic E-state index is 0.0646. The number of nitrogens with zero attached hydrogens (tertiary/aromatic N) is 5. The second-order valence-electron chi connectivity index (χ2n) is 13.2. The SMILES string of the molecule is CC(C)(CN1CCCCCC(F)(F)c2ccccc2-c2nc(sc2-n2ccc(OCC(C)(C)C(F)(F)F)n2)NSc2cccc1n2)C(=O)O. The van der Waals surface area contributed by atoms with Gasteiger partial charge >= 0.3 is 12.1 Å². The molecule has 0 unspecified atom stereocenters. The third kappa shape index (κ3) is 8.46. The topological polar surface area (TPSA) is 105 Å². The number of aromatic nitrogens is 4. The Morgan fingerprint density at radius 2 is 1.78 bits per heavy atom. The number of anilines is 2. The lowest BCUT2D eigenvalue weighted by Crippen LogP contribution is -2.40. The summed E-state index contributed by atoms with van der Waals surface area (Å²) in [5.74, 6) is -3.68. The van der Waals surface area contributed by atoms with E-state index in [1.165, 1.54) is 23.0 Å². The maximum Gasteiger partial charge on any atom is 0.397 e. The highest BCUT2D eigenvalue weighted by atomic mass is 32.2. The van der Waals surface area contributed by atoms with E-state index < -0.39 is 41.9 Å². The van der Waals surface area contributed by atoms with Crippen molar-refractivity contribution >= 4 is 40.2 Å². The number of ether oxygens (including phenoxy) is 1. The zero-order valence-corrected chi connectivity index (χ0v) is 29.0. The minimum Gasteiger partial charge on any atom is -0.481 e. The molecule has 0 amide bonds. The smallest absolute Gasteiger partial charge is 0.397 e. The summed E-state index contributed by atoms with van der Waals surface area (Å²) < 4.78 is 82.0. The summed E-state index contributed by atoms with van der Waals surface area (Å²) in [5.41, 5.74) is -3.02. The third-order valence-corrected chi connectivity index (χ3v) is 9.99. The first kappa shape index (κ1) is 36.4. The Morgan fingerprint density at radius 3 is 2.51 bits per heavy atom. The van der Waals surface area contributed by atoms with Crippen molar-refractivity contribution in [2.45, 2.75) is 70.5 Å². The Morgan fingerprint density at radius 1 is 1.02 bits per heavy atom. The molecule has 1 aliphatic heterocycles. The van der Waals surface area contributed by atoms with Crippen LogP contribution in [-0.4, -0.2) is 56.7 Å². The van der Waals surface area contributed by atoms with E-state index in [0.717, 1.165) is 37.1 Å². The molecule has 0 spiro atoms. The number of fused-ring (bicyclic) bond motifs is 6. The number of pyridine rings is 1. The fourth-order valence-corrected chi connectivity index (χ4v) is 6.62. The number of alkyl halides is 5. The molecule has 1 aliphatic rings. The van der Waals surface area contributed by atoms with Crippen LogP contribution in [0.3, 0.4) is 0 Å². The van der Waals surface area contributed by atoms with Crippen molar-refractivity contribution in [2.24, 2.45) is 10.8 Å². The third-order valence-electron chi connectivity index (χ3n) is 8.17. The van der Waals surface area contributed by atoms with Crippen molar-refractivity contribution in [3.63, 3.8) is 0 Å². The molecular formula is C33H37F5N6O3S2. The number of hydrogen-bond acceptors (Lipinski definition) is 9. The van der Waals surface area contributed by atoms with Gasteiger partial charge in [0.1, 0.15) is 28.1 Å². The van der Waals surface area contributed by atoms with E-state index >= 15 is 8.78 Å². The lowest BCUT2D eigenvalue weighted by atomic mass is 9.92. The largest absolute Gasteiger partial charge is 0.481 e. The summed E-state index contributed by atoms with van der Waals surface area (Å²) in [6.07, 6.45) is -2.19. The van der Waals surface area contributed by atoms with Gasteiger partial charge in [-0.1, -0.05) is 48.1 Å². The molecule has 1 aromatic carbocycles. The molecule has 0 fully saturated rings. The number of thiazole rings is 1. The van der Waals surface area contributed by atoms with E-state index in [1.54, 1.807) is 44.2 Å². The van der Waals surface area contributed by atoms with Gasteiger partial charge in [0.05, 0.1) is 10.8 Å². The number of benzene rings is 1. The maximum absolute atomic E-state index is 16.0. The summed E-state index contributed by atoms with van der Waals surface area (Å²) in [6, 6.07) is 12.9. The van der Waals surface area contributed by atoms with E-state index in [1.807, 2.05) is 11.0 Å². The minimum atomic E-state index is -4.49. The van der Waals surface area contributed by atoms with Gasteiger partial charge in [0, 0.05) is 54.8 Å². The number of carboxylic acid groups (broad SMARTS) is 1. The quantitative estimate of drug-likeness (QED) is 0.143.